The lowest BCUT2D eigenvalue weighted by molar-refractivity contribution is -0.146. The van der Waals surface area contributed by atoms with E-state index in [1.807, 2.05) is 0 Å². The van der Waals surface area contributed by atoms with Crippen molar-refractivity contribution in [2.45, 2.75) is 12.8 Å². The second-order valence-electron chi connectivity index (χ2n) is 6.22. The number of esters is 1. The van der Waals surface area contributed by atoms with Gasteiger partial charge >= 0.3 is 12.0 Å². The zero-order valence-corrected chi connectivity index (χ0v) is 16.7. The average Bonchev–Trinajstić information content (AvgIpc) is 3.15. The summed E-state index contributed by atoms with van der Waals surface area (Å²) in [5.41, 5.74) is 0.811. The third-order valence-electron chi connectivity index (χ3n) is 4.34. The molecule has 1 aliphatic rings. The summed E-state index contributed by atoms with van der Waals surface area (Å²) in [5, 5.41) is 7.67. The molecule has 0 aliphatic carbocycles. The molecule has 1 aromatic carbocycles. The second-order valence-corrected chi connectivity index (χ2v) is 7.51. The number of nitrogens with zero attached hydrogens (tertiary/aromatic N) is 2. The maximum atomic E-state index is 12.6. The molecule has 148 valence electrons. The van der Waals surface area contributed by atoms with Crippen molar-refractivity contribution in [3.05, 3.63) is 40.4 Å². The molecule has 0 unspecified atom stereocenters. The standard InChI is InChI=1S/C18H19ClN4O4S/c1-27-16(25)11-5-7-23(8-6-11)15(24)14-10-28-18(21-14)22-17(26)20-13-4-2-3-12(19)9-13/h2-4,9-11H,5-8H2,1H3,(H2,20,21,22,26). The smallest absolute Gasteiger partial charge is 0.325 e. The number of urea groups is 1. The van der Waals surface area contributed by atoms with Crippen molar-refractivity contribution >= 4 is 51.7 Å². The number of aromatic nitrogens is 1. The molecule has 3 amide bonds. The second kappa shape index (κ2) is 9.03. The van der Waals surface area contributed by atoms with Crippen molar-refractivity contribution < 1.29 is 19.1 Å². The van der Waals surface area contributed by atoms with E-state index < -0.39 is 6.03 Å². The maximum Gasteiger partial charge on any atom is 0.325 e. The summed E-state index contributed by atoms with van der Waals surface area (Å²) in [6.07, 6.45) is 1.13. The summed E-state index contributed by atoms with van der Waals surface area (Å²) < 4.78 is 4.75. The van der Waals surface area contributed by atoms with E-state index in [4.69, 9.17) is 16.3 Å². The van der Waals surface area contributed by atoms with Crippen LogP contribution in [0, 0.1) is 5.92 Å². The minimum absolute atomic E-state index is 0.170. The molecule has 3 rings (SSSR count). The minimum Gasteiger partial charge on any atom is -0.469 e. The Hall–Kier alpha value is -2.65. The topological polar surface area (TPSA) is 101 Å². The van der Waals surface area contributed by atoms with Gasteiger partial charge in [-0.1, -0.05) is 17.7 Å². The highest BCUT2D eigenvalue weighted by atomic mass is 35.5. The molecule has 0 spiro atoms. The molecule has 2 N–H and O–H groups in total. The van der Waals surface area contributed by atoms with Crippen LogP contribution in [0.2, 0.25) is 5.02 Å². The lowest BCUT2D eigenvalue weighted by atomic mass is 9.97. The number of thiazole rings is 1. The van der Waals surface area contributed by atoms with Gasteiger partial charge in [0.1, 0.15) is 5.69 Å². The number of carbonyl (C=O) groups excluding carboxylic acids is 3. The molecule has 0 bridgehead atoms. The zero-order valence-electron chi connectivity index (χ0n) is 15.1. The van der Waals surface area contributed by atoms with Crippen molar-refractivity contribution in [1.82, 2.24) is 9.88 Å². The zero-order chi connectivity index (χ0) is 20.1. The molecule has 2 aromatic rings. The summed E-state index contributed by atoms with van der Waals surface area (Å²) in [4.78, 5) is 42.1. The quantitative estimate of drug-likeness (QED) is 0.735. The van der Waals surface area contributed by atoms with Gasteiger partial charge in [0.25, 0.3) is 5.91 Å². The summed E-state index contributed by atoms with van der Waals surface area (Å²) in [6.45, 7) is 0.933. The molecule has 0 saturated carbocycles. The van der Waals surface area contributed by atoms with E-state index in [9.17, 15) is 14.4 Å². The van der Waals surface area contributed by atoms with E-state index in [0.717, 1.165) is 11.3 Å². The van der Waals surface area contributed by atoms with Gasteiger partial charge in [-0.3, -0.25) is 14.9 Å². The van der Waals surface area contributed by atoms with Gasteiger partial charge in [-0.2, -0.15) is 0 Å². The molecule has 2 heterocycles. The molecular weight excluding hydrogens is 404 g/mol. The SMILES string of the molecule is COC(=O)C1CCN(C(=O)c2csc(NC(=O)Nc3cccc(Cl)c3)n2)CC1. The minimum atomic E-state index is -0.477. The van der Waals surface area contributed by atoms with Crippen LogP contribution in [0.25, 0.3) is 0 Å². The molecule has 0 atom stereocenters. The van der Waals surface area contributed by atoms with E-state index in [-0.39, 0.29) is 23.5 Å². The molecule has 28 heavy (non-hydrogen) atoms. The van der Waals surface area contributed by atoms with E-state index >= 15 is 0 Å². The predicted octanol–water partition coefficient (Wildman–Crippen LogP) is 3.47. The summed E-state index contributed by atoms with van der Waals surface area (Å²) >= 11 is 7.05. The fourth-order valence-electron chi connectivity index (χ4n) is 2.90. The van der Waals surface area contributed by atoms with Gasteiger partial charge in [0.2, 0.25) is 0 Å². The number of carbonyl (C=O) groups is 3. The van der Waals surface area contributed by atoms with Crippen LogP contribution >= 0.6 is 22.9 Å². The van der Waals surface area contributed by atoms with Crippen LogP contribution in [0.1, 0.15) is 23.3 Å². The third-order valence-corrected chi connectivity index (χ3v) is 5.34. The number of halogens is 1. The normalized spacial score (nSPS) is 14.4. The predicted molar refractivity (Wildman–Crippen MR) is 107 cm³/mol. The number of hydrogen-bond donors (Lipinski definition) is 2. The molecular formula is C18H19ClN4O4S. The number of amides is 3. The monoisotopic (exact) mass is 422 g/mol. The Bertz CT molecular complexity index is 880. The van der Waals surface area contributed by atoms with Gasteiger partial charge in [0.15, 0.2) is 5.13 Å². The molecule has 1 aromatic heterocycles. The Balaban J connectivity index is 1.54. The Morgan fingerprint density at radius 2 is 2.00 bits per heavy atom. The first-order valence-corrected chi connectivity index (χ1v) is 9.88. The average molecular weight is 423 g/mol. The summed E-state index contributed by atoms with van der Waals surface area (Å²) in [5.74, 6) is -0.627. The lowest BCUT2D eigenvalue weighted by Crippen LogP contribution is -2.40. The highest BCUT2D eigenvalue weighted by Crippen LogP contribution is 2.22. The van der Waals surface area contributed by atoms with Crippen molar-refractivity contribution in [2.75, 3.05) is 30.8 Å². The largest absolute Gasteiger partial charge is 0.469 e. The van der Waals surface area contributed by atoms with Crippen LogP contribution in [0.15, 0.2) is 29.6 Å². The fraction of sp³-hybridized carbons (Fsp3) is 0.333. The Morgan fingerprint density at radius 1 is 1.25 bits per heavy atom. The van der Waals surface area contributed by atoms with Crippen LogP contribution in [0.3, 0.4) is 0 Å². The first-order chi connectivity index (χ1) is 13.5. The van der Waals surface area contributed by atoms with Crippen molar-refractivity contribution in [3.8, 4) is 0 Å². The molecule has 1 aliphatic heterocycles. The van der Waals surface area contributed by atoms with Crippen molar-refractivity contribution in [3.63, 3.8) is 0 Å². The highest BCUT2D eigenvalue weighted by Gasteiger charge is 2.29. The number of piperidine rings is 1. The van der Waals surface area contributed by atoms with Gasteiger partial charge in [-0.15, -0.1) is 11.3 Å². The van der Waals surface area contributed by atoms with Crippen molar-refractivity contribution in [2.24, 2.45) is 5.92 Å². The Kier molecular flexibility index (Phi) is 6.48. The molecule has 1 fully saturated rings. The number of ether oxygens (including phenoxy) is 1. The molecule has 1 saturated heterocycles. The van der Waals surface area contributed by atoms with E-state index in [1.54, 1.807) is 34.5 Å². The maximum absolute atomic E-state index is 12.6. The van der Waals surface area contributed by atoms with E-state index in [0.29, 0.717) is 41.8 Å². The third kappa shape index (κ3) is 4.99. The lowest BCUT2D eigenvalue weighted by Gasteiger charge is -2.30. The summed E-state index contributed by atoms with van der Waals surface area (Å²) in [7, 11) is 1.37. The van der Waals surface area contributed by atoms with Crippen LogP contribution in [-0.2, 0) is 9.53 Å². The van der Waals surface area contributed by atoms with E-state index in [2.05, 4.69) is 15.6 Å². The highest BCUT2D eigenvalue weighted by molar-refractivity contribution is 7.14. The van der Waals surface area contributed by atoms with Gasteiger partial charge in [-0.05, 0) is 31.0 Å². The Morgan fingerprint density at radius 3 is 2.68 bits per heavy atom. The number of anilines is 2. The number of nitrogens with one attached hydrogen (secondary N) is 2. The van der Waals surface area contributed by atoms with E-state index in [1.165, 1.54) is 7.11 Å². The van der Waals surface area contributed by atoms with Gasteiger partial charge in [-0.25, -0.2) is 9.78 Å². The van der Waals surface area contributed by atoms with Crippen LogP contribution in [0.5, 0.6) is 0 Å². The van der Waals surface area contributed by atoms with Gasteiger partial charge in [0.05, 0.1) is 13.0 Å². The number of methoxy groups -OCH3 is 1. The number of benzene rings is 1. The van der Waals surface area contributed by atoms with Crippen molar-refractivity contribution in [1.29, 1.82) is 0 Å². The fourth-order valence-corrected chi connectivity index (χ4v) is 3.77. The van der Waals surface area contributed by atoms with Crippen LogP contribution in [-0.4, -0.2) is 48.0 Å². The number of hydrogen-bond acceptors (Lipinski definition) is 6. The van der Waals surface area contributed by atoms with Gasteiger partial charge < -0.3 is 15.0 Å². The number of rotatable bonds is 4. The number of likely N-dealkylation sites (tertiary alicyclic amines) is 1. The summed E-state index contributed by atoms with van der Waals surface area (Å²) in [6, 6.07) is 6.28. The molecule has 10 heteroatoms. The first kappa shape index (κ1) is 20.1. The first-order valence-electron chi connectivity index (χ1n) is 8.62. The molecule has 0 radical (unpaired) electrons. The van der Waals surface area contributed by atoms with Crippen LogP contribution in [0.4, 0.5) is 15.6 Å². The molecule has 8 nitrogen and oxygen atoms in total. The van der Waals surface area contributed by atoms with Crippen LogP contribution < -0.4 is 10.6 Å². The van der Waals surface area contributed by atoms with Gasteiger partial charge in [0, 0.05) is 29.2 Å². The Labute approximate surface area is 170 Å².